The molecule has 2 N–H and O–H groups in total. The SMILES string of the molecule is CC[C@@H]1C[C@@]2(Cc3ccc(C#N)cc3[C@]23N=C(N)N(C[C@H]2COCCO2)C3=O)C[C@H](C)[C@H]1C. The zero-order valence-corrected chi connectivity index (χ0v) is 19.8. The molecule has 4 aliphatic rings. The average molecular weight is 451 g/mol. The van der Waals surface area contributed by atoms with E-state index in [1.165, 1.54) is 0 Å². The molecule has 1 aromatic rings. The molecule has 1 saturated heterocycles. The molecule has 6 atom stereocenters. The van der Waals surface area contributed by atoms with Gasteiger partial charge < -0.3 is 15.2 Å². The monoisotopic (exact) mass is 450 g/mol. The molecule has 0 bridgehead atoms. The van der Waals surface area contributed by atoms with E-state index in [0.717, 1.165) is 36.8 Å². The summed E-state index contributed by atoms with van der Waals surface area (Å²) in [6.45, 7) is 8.76. The van der Waals surface area contributed by atoms with Crippen molar-refractivity contribution in [2.45, 2.75) is 58.1 Å². The van der Waals surface area contributed by atoms with E-state index in [0.29, 0.717) is 49.7 Å². The van der Waals surface area contributed by atoms with Crippen LogP contribution in [0.3, 0.4) is 0 Å². The van der Waals surface area contributed by atoms with Crippen molar-refractivity contribution in [3.8, 4) is 6.07 Å². The molecule has 2 aliphatic heterocycles. The van der Waals surface area contributed by atoms with Crippen LogP contribution in [0.15, 0.2) is 23.2 Å². The maximum atomic E-state index is 14.4. The number of carbonyl (C=O) groups excluding carboxylic acids is 1. The summed E-state index contributed by atoms with van der Waals surface area (Å²) in [5.41, 5.74) is 7.62. The number of nitriles is 1. The van der Waals surface area contributed by atoms with E-state index in [1.807, 2.05) is 18.2 Å². The molecule has 2 fully saturated rings. The highest BCUT2D eigenvalue weighted by molar-refractivity contribution is 6.08. The fourth-order valence-corrected chi connectivity index (χ4v) is 7.03. The van der Waals surface area contributed by atoms with E-state index in [4.69, 9.17) is 20.2 Å². The summed E-state index contributed by atoms with van der Waals surface area (Å²) in [4.78, 5) is 21.0. The Labute approximate surface area is 195 Å². The van der Waals surface area contributed by atoms with E-state index in [2.05, 4.69) is 26.8 Å². The van der Waals surface area contributed by atoms with Gasteiger partial charge in [-0.15, -0.1) is 0 Å². The molecule has 7 nitrogen and oxygen atoms in total. The number of hydrogen-bond donors (Lipinski definition) is 1. The number of aliphatic imine (C=N–C) groups is 1. The van der Waals surface area contributed by atoms with Crippen molar-refractivity contribution in [2.24, 2.45) is 33.9 Å². The summed E-state index contributed by atoms with van der Waals surface area (Å²) in [5, 5.41) is 9.61. The molecule has 5 rings (SSSR count). The third-order valence-corrected chi connectivity index (χ3v) is 8.84. The minimum atomic E-state index is -1.07. The van der Waals surface area contributed by atoms with Gasteiger partial charge in [-0.3, -0.25) is 9.69 Å². The average Bonchev–Trinajstić information content (AvgIpc) is 3.23. The van der Waals surface area contributed by atoms with Crippen LogP contribution in [-0.4, -0.2) is 49.2 Å². The number of benzene rings is 1. The quantitative estimate of drug-likeness (QED) is 0.763. The lowest BCUT2D eigenvalue weighted by molar-refractivity contribution is -0.143. The molecule has 0 aromatic heterocycles. The maximum absolute atomic E-state index is 14.4. The standard InChI is InChI=1S/C26H34N4O3/c1-4-19-11-25(10-16(2)17(19)3)12-20-6-5-18(13-27)9-22(20)26(25)23(31)30(24(28)29-26)14-21-15-32-7-8-33-21/h5-6,9,16-17,19,21H,4,7-8,10-12,14-15H2,1-3H3,(H2,28,29)/t16-,17+,19+,21-,25+,26+/m0/s1. The van der Waals surface area contributed by atoms with Crippen molar-refractivity contribution >= 4 is 11.9 Å². The predicted octanol–water partition coefficient (Wildman–Crippen LogP) is 2.96. The third-order valence-electron chi connectivity index (χ3n) is 8.84. The number of carbonyl (C=O) groups is 1. The summed E-state index contributed by atoms with van der Waals surface area (Å²) < 4.78 is 11.4. The lowest BCUT2D eigenvalue weighted by Gasteiger charge is -2.51. The Morgan fingerprint density at radius 1 is 1.30 bits per heavy atom. The van der Waals surface area contributed by atoms with Crippen LogP contribution in [-0.2, 0) is 26.2 Å². The molecule has 7 heteroatoms. The van der Waals surface area contributed by atoms with Gasteiger partial charge in [-0.05, 0) is 60.3 Å². The highest BCUT2D eigenvalue weighted by atomic mass is 16.6. The first kappa shape index (κ1) is 22.4. The molecular formula is C26H34N4O3. The molecule has 1 aromatic carbocycles. The van der Waals surface area contributed by atoms with Crippen LogP contribution in [0.2, 0.25) is 0 Å². The third kappa shape index (κ3) is 3.22. The van der Waals surface area contributed by atoms with Crippen molar-refractivity contribution in [1.82, 2.24) is 4.90 Å². The Balaban J connectivity index is 1.62. The molecule has 176 valence electrons. The molecule has 2 aliphatic carbocycles. The summed E-state index contributed by atoms with van der Waals surface area (Å²) in [6.07, 6.45) is 3.50. The largest absolute Gasteiger partial charge is 0.376 e. The molecule has 1 saturated carbocycles. The predicted molar refractivity (Wildman–Crippen MR) is 124 cm³/mol. The Bertz CT molecular complexity index is 1030. The number of amides is 1. The van der Waals surface area contributed by atoms with E-state index in [9.17, 15) is 10.1 Å². The number of hydrogen-bond acceptors (Lipinski definition) is 6. The van der Waals surface area contributed by atoms with E-state index < -0.39 is 5.54 Å². The van der Waals surface area contributed by atoms with Gasteiger partial charge in [0.15, 0.2) is 11.5 Å². The van der Waals surface area contributed by atoms with Crippen molar-refractivity contribution in [3.63, 3.8) is 0 Å². The lowest BCUT2D eigenvalue weighted by Crippen LogP contribution is -2.55. The second-order valence-corrected chi connectivity index (χ2v) is 10.5. The number of guanidine groups is 1. The first-order chi connectivity index (χ1) is 15.8. The molecule has 2 spiro atoms. The first-order valence-electron chi connectivity index (χ1n) is 12.3. The van der Waals surface area contributed by atoms with E-state index in [-0.39, 0.29) is 23.4 Å². The van der Waals surface area contributed by atoms with Gasteiger partial charge in [-0.1, -0.05) is 33.3 Å². The molecule has 0 radical (unpaired) electrons. The van der Waals surface area contributed by atoms with Crippen molar-refractivity contribution < 1.29 is 14.3 Å². The molecule has 0 unspecified atom stereocenters. The molecular weight excluding hydrogens is 416 g/mol. The van der Waals surface area contributed by atoms with E-state index in [1.54, 1.807) is 4.90 Å². The van der Waals surface area contributed by atoms with Crippen molar-refractivity contribution in [3.05, 3.63) is 34.9 Å². The van der Waals surface area contributed by atoms with Crippen LogP contribution in [0.4, 0.5) is 0 Å². The van der Waals surface area contributed by atoms with Gasteiger partial charge in [0.1, 0.15) is 0 Å². The number of nitrogens with zero attached hydrogens (tertiary/aromatic N) is 3. The Morgan fingerprint density at radius 2 is 2.12 bits per heavy atom. The van der Waals surface area contributed by atoms with Gasteiger partial charge in [0.25, 0.3) is 5.91 Å². The summed E-state index contributed by atoms with van der Waals surface area (Å²) >= 11 is 0. The smallest absolute Gasteiger partial charge is 0.262 e. The van der Waals surface area contributed by atoms with E-state index >= 15 is 0 Å². The van der Waals surface area contributed by atoms with Crippen molar-refractivity contribution in [2.75, 3.05) is 26.4 Å². The van der Waals surface area contributed by atoms with Gasteiger partial charge in [0, 0.05) is 5.41 Å². The zero-order valence-electron chi connectivity index (χ0n) is 19.8. The Kier molecular flexibility index (Phi) is 5.49. The van der Waals surface area contributed by atoms with Crippen LogP contribution in [0.5, 0.6) is 0 Å². The van der Waals surface area contributed by atoms with Gasteiger partial charge in [-0.25, -0.2) is 4.99 Å². The topological polar surface area (TPSA) is 101 Å². The van der Waals surface area contributed by atoms with Crippen LogP contribution < -0.4 is 5.73 Å². The number of rotatable bonds is 3. The zero-order chi connectivity index (χ0) is 23.4. The minimum absolute atomic E-state index is 0.0698. The summed E-state index contributed by atoms with van der Waals surface area (Å²) in [5.74, 6) is 1.77. The van der Waals surface area contributed by atoms with Crippen LogP contribution in [0.25, 0.3) is 0 Å². The van der Waals surface area contributed by atoms with Crippen LogP contribution in [0, 0.1) is 34.5 Å². The number of ether oxygens (including phenoxy) is 2. The first-order valence-corrected chi connectivity index (χ1v) is 12.3. The van der Waals surface area contributed by atoms with Crippen LogP contribution in [0.1, 0.15) is 56.7 Å². The number of fused-ring (bicyclic) bond motifs is 3. The van der Waals surface area contributed by atoms with Gasteiger partial charge in [0.2, 0.25) is 0 Å². The van der Waals surface area contributed by atoms with Gasteiger partial charge in [0.05, 0.1) is 44.1 Å². The highest BCUT2D eigenvalue weighted by Crippen LogP contribution is 2.64. The normalized spacial score (nSPS) is 37.9. The Morgan fingerprint density at radius 3 is 2.82 bits per heavy atom. The maximum Gasteiger partial charge on any atom is 0.262 e. The molecule has 33 heavy (non-hydrogen) atoms. The van der Waals surface area contributed by atoms with Crippen LogP contribution >= 0.6 is 0 Å². The highest BCUT2D eigenvalue weighted by Gasteiger charge is 2.68. The number of nitrogens with two attached hydrogens (primary N) is 1. The Hall–Kier alpha value is -2.43. The summed E-state index contributed by atoms with van der Waals surface area (Å²) in [6, 6.07) is 8.01. The van der Waals surface area contributed by atoms with Gasteiger partial charge >= 0.3 is 0 Å². The minimum Gasteiger partial charge on any atom is -0.376 e. The molecule has 2 heterocycles. The lowest BCUT2D eigenvalue weighted by atomic mass is 9.54. The van der Waals surface area contributed by atoms with Crippen molar-refractivity contribution in [1.29, 1.82) is 5.26 Å². The second-order valence-electron chi connectivity index (χ2n) is 10.5. The molecule has 1 amide bonds. The summed E-state index contributed by atoms with van der Waals surface area (Å²) in [7, 11) is 0. The van der Waals surface area contributed by atoms with Gasteiger partial charge in [-0.2, -0.15) is 5.26 Å². The fraction of sp³-hybridized carbons (Fsp3) is 0.654. The second kappa shape index (κ2) is 8.11. The fourth-order valence-electron chi connectivity index (χ4n) is 7.03.